The lowest BCUT2D eigenvalue weighted by Crippen LogP contribution is -2.54. The molecule has 0 N–H and O–H groups in total. The van der Waals surface area contributed by atoms with Crippen LogP contribution in [0.2, 0.25) is 0 Å². The summed E-state index contributed by atoms with van der Waals surface area (Å²) in [6.07, 6.45) is 36.6. The van der Waals surface area contributed by atoms with Gasteiger partial charge in [-0.05, 0) is 78.2 Å². The highest BCUT2D eigenvalue weighted by molar-refractivity contribution is 6.10. The molecule has 0 amide bonds. The molecular weight excluding hydrogens is 689 g/mol. The number of carbonyl (C=O) groups is 2. The zero-order valence-corrected chi connectivity index (χ0v) is 36.5. The Morgan fingerprint density at radius 1 is 0.782 bits per heavy atom. The highest BCUT2D eigenvalue weighted by Gasteiger charge is 2.55. The molecule has 0 unspecified atom stereocenters. The average molecular weight is 771 g/mol. The molecule has 0 aromatic heterocycles. The van der Waals surface area contributed by atoms with Crippen LogP contribution in [-0.2, 0) is 33.6 Å². The van der Waals surface area contributed by atoms with Crippen molar-refractivity contribution in [2.45, 2.75) is 251 Å². The lowest BCUT2D eigenvalue weighted by Gasteiger charge is -2.50. The van der Waals surface area contributed by atoms with Crippen LogP contribution in [0.5, 0.6) is 0 Å². The van der Waals surface area contributed by atoms with E-state index < -0.39 is 5.79 Å². The summed E-state index contributed by atoms with van der Waals surface area (Å²) in [5.74, 6) is -1.26. The van der Waals surface area contributed by atoms with Crippen LogP contribution in [0.4, 0.5) is 0 Å². The molecule has 0 saturated carbocycles. The van der Waals surface area contributed by atoms with E-state index in [9.17, 15) is 9.59 Å². The second kappa shape index (κ2) is 26.3. The number of Topliss-reactive ketones (excluding diaryl/α,β-unsaturated/α-hetero) is 1. The number of rotatable bonds is 32. The summed E-state index contributed by atoms with van der Waals surface area (Å²) >= 11 is 0. The van der Waals surface area contributed by atoms with Gasteiger partial charge in [-0.15, -0.1) is 0 Å². The molecule has 1 aliphatic carbocycles. The minimum Gasteiger partial charge on any atom is -0.469 e. The first-order valence-electron chi connectivity index (χ1n) is 23.0. The quantitative estimate of drug-likeness (QED) is 0.0168. The maximum absolute atomic E-state index is 13.3. The lowest BCUT2D eigenvalue weighted by atomic mass is 9.75. The average Bonchev–Trinajstić information content (AvgIpc) is 3.96. The lowest BCUT2D eigenvalue weighted by molar-refractivity contribution is -0.437. The van der Waals surface area contributed by atoms with E-state index in [4.69, 9.17) is 24.0 Å². The van der Waals surface area contributed by atoms with Gasteiger partial charge in [0.05, 0.1) is 18.8 Å². The van der Waals surface area contributed by atoms with Crippen molar-refractivity contribution in [2.75, 3.05) is 7.11 Å². The monoisotopic (exact) mass is 771 g/mol. The molecule has 2 heterocycles. The maximum atomic E-state index is 13.3. The third-order valence-electron chi connectivity index (χ3n) is 12.6. The topological polar surface area (TPSA) is 83.6 Å². The first-order valence-corrected chi connectivity index (χ1v) is 23.0. The van der Waals surface area contributed by atoms with E-state index in [1.165, 1.54) is 103 Å². The van der Waals surface area contributed by atoms with E-state index in [-0.39, 0.29) is 35.7 Å². The number of hydrogen-bond donors (Lipinski definition) is 0. The fourth-order valence-corrected chi connectivity index (χ4v) is 8.57. The van der Waals surface area contributed by atoms with Crippen LogP contribution in [0, 0.1) is 0 Å². The summed E-state index contributed by atoms with van der Waals surface area (Å²) in [5.41, 5.74) is 2.74. The minimum atomic E-state index is -1.21. The second-order valence-electron chi connectivity index (χ2n) is 17.3. The van der Waals surface area contributed by atoms with Gasteiger partial charge in [0.15, 0.2) is 5.78 Å². The van der Waals surface area contributed by atoms with Gasteiger partial charge in [0.2, 0.25) is 5.79 Å². The van der Waals surface area contributed by atoms with Crippen LogP contribution in [0.15, 0.2) is 34.4 Å². The van der Waals surface area contributed by atoms with Gasteiger partial charge in [-0.2, -0.15) is 4.89 Å². The number of esters is 1. The standard InChI is InChI=1S/C48H82O7/c1-8-10-12-13-14-15-16-17-18-19-20-24-27-31-36-47(6)37-35-41-39(4)45(50)38(3)40(5)48(41,54-47)55-53-43(46-42(52-46)32-28-11-9-2)33-29-25-22-21-23-26-30-34-44(49)51-7/h29,33,42-43,46H,8-28,30-32,34-37H2,1-7H3/b33-29-/t42-,43-,46+,47+,48+/m0/s1. The summed E-state index contributed by atoms with van der Waals surface area (Å²) in [4.78, 5) is 37.8. The van der Waals surface area contributed by atoms with Crippen molar-refractivity contribution >= 4 is 11.8 Å². The Bertz CT molecular complexity index is 1220. The normalized spacial score (nSPS) is 24.5. The van der Waals surface area contributed by atoms with Crippen LogP contribution >= 0.6 is 0 Å². The molecule has 316 valence electrons. The molecule has 0 bridgehead atoms. The molecule has 2 saturated heterocycles. The SMILES string of the molecule is CCCCCCCCCCCCCCCC[C@]1(C)CCC2=C(C)C(=O)C(C)=C(C)[C@]2(OO[C@@H](/C=C\CCCCCCCC(=O)OC)[C@@H]2O[C@H]2CCCCC)O1. The molecule has 55 heavy (non-hydrogen) atoms. The number of hydrogen-bond acceptors (Lipinski definition) is 7. The van der Waals surface area contributed by atoms with Gasteiger partial charge in [0.1, 0.15) is 12.2 Å². The zero-order chi connectivity index (χ0) is 39.9. The summed E-state index contributed by atoms with van der Waals surface area (Å²) in [7, 11) is 1.45. The Kier molecular flexibility index (Phi) is 22.7. The van der Waals surface area contributed by atoms with E-state index in [2.05, 4.69) is 32.9 Å². The predicted octanol–water partition coefficient (Wildman–Crippen LogP) is 13.5. The summed E-state index contributed by atoms with van der Waals surface area (Å²) in [6.45, 7) is 12.5. The van der Waals surface area contributed by atoms with Crippen molar-refractivity contribution in [1.29, 1.82) is 0 Å². The Morgan fingerprint density at radius 2 is 1.35 bits per heavy atom. The van der Waals surface area contributed by atoms with E-state index in [0.29, 0.717) is 12.0 Å². The van der Waals surface area contributed by atoms with Crippen LogP contribution in [0.25, 0.3) is 0 Å². The molecule has 3 aliphatic rings. The third kappa shape index (κ3) is 16.2. The van der Waals surface area contributed by atoms with Gasteiger partial charge in [-0.1, -0.05) is 154 Å². The number of allylic oxidation sites excluding steroid dienone is 3. The molecule has 2 aliphatic heterocycles. The fourth-order valence-electron chi connectivity index (χ4n) is 8.57. The Balaban J connectivity index is 1.56. The van der Waals surface area contributed by atoms with Crippen molar-refractivity contribution in [3.05, 3.63) is 34.4 Å². The van der Waals surface area contributed by atoms with Gasteiger partial charge in [0, 0.05) is 23.1 Å². The van der Waals surface area contributed by atoms with Gasteiger partial charge in [-0.25, -0.2) is 4.89 Å². The largest absolute Gasteiger partial charge is 0.469 e. The predicted molar refractivity (Wildman–Crippen MR) is 225 cm³/mol. The molecule has 0 spiro atoms. The van der Waals surface area contributed by atoms with Crippen LogP contribution in [-0.4, -0.2) is 48.6 Å². The molecule has 0 radical (unpaired) electrons. The molecule has 0 aromatic rings. The van der Waals surface area contributed by atoms with Crippen LogP contribution < -0.4 is 0 Å². The van der Waals surface area contributed by atoms with Crippen molar-refractivity contribution in [3.63, 3.8) is 0 Å². The van der Waals surface area contributed by atoms with Crippen LogP contribution in [0.3, 0.4) is 0 Å². The second-order valence-corrected chi connectivity index (χ2v) is 17.3. The van der Waals surface area contributed by atoms with Gasteiger partial charge >= 0.3 is 5.97 Å². The van der Waals surface area contributed by atoms with Gasteiger partial charge in [0.25, 0.3) is 0 Å². The minimum absolute atomic E-state index is 0.0579. The van der Waals surface area contributed by atoms with E-state index in [1.807, 2.05) is 20.8 Å². The van der Waals surface area contributed by atoms with Crippen molar-refractivity contribution in [3.8, 4) is 0 Å². The third-order valence-corrected chi connectivity index (χ3v) is 12.6. The van der Waals surface area contributed by atoms with Crippen molar-refractivity contribution in [1.82, 2.24) is 0 Å². The summed E-state index contributed by atoms with van der Waals surface area (Å²) in [6, 6.07) is 0. The van der Waals surface area contributed by atoms with Gasteiger partial charge < -0.3 is 14.2 Å². The number of ether oxygens (including phenoxy) is 3. The fraction of sp³-hybridized carbons (Fsp3) is 0.833. The first kappa shape index (κ1) is 47.6. The molecule has 2 fully saturated rings. The maximum Gasteiger partial charge on any atom is 0.305 e. The smallest absolute Gasteiger partial charge is 0.305 e. The number of carbonyl (C=O) groups excluding carboxylic acids is 2. The number of methoxy groups -OCH3 is 1. The van der Waals surface area contributed by atoms with Gasteiger partial charge in [-0.3, -0.25) is 9.59 Å². The molecule has 5 atom stereocenters. The molecular formula is C48H82O7. The molecule has 3 rings (SSSR count). The Morgan fingerprint density at radius 3 is 1.96 bits per heavy atom. The molecule has 7 nitrogen and oxygen atoms in total. The molecule has 7 heteroatoms. The van der Waals surface area contributed by atoms with E-state index >= 15 is 0 Å². The zero-order valence-electron chi connectivity index (χ0n) is 36.5. The van der Waals surface area contributed by atoms with E-state index in [1.54, 1.807) is 0 Å². The Hall–Kier alpha value is -1.80. The van der Waals surface area contributed by atoms with Crippen molar-refractivity contribution < 1.29 is 33.6 Å². The molecule has 0 aromatic carbocycles. The highest BCUT2D eigenvalue weighted by Crippen LogP contribution is 2.51. The summed E-state index contributed by atoms with van der Waals surface area (Å²) in [5, 5.41) is 0. The number of fused-ring (bicyclic) bond motifs is 1. The summed E-state index contributed by atoms with van der Waals surface area (Å²) < 4.78 is 18.1. The first-order chi connectivity index (χ1) is 26.6. The van der Waals surface area contributed by atoms with Crippen molar-refractivity contribution in [2.24, 2.45) is 0 Å². The van der Waals surface area contributed by atoms with E-state index in [0.717, 1.165) is 93.8 Å². The number of ketones is 1. The number of unbranched alkanes of at least 4 members (excludes halogenated alkanes) is 20. The van der Waals surface area contributed by atoms with Crippen LogP contribution in [0.1, 0.15) is 221 Å². The number of epoxide rings is 1. The highest BCUT2D eigenvalue weighted by atomic mass is 17.2. The Labute approximate surface area is 337 Å².